The molecule has 1 aliphatic carbocycles. The van der Waals surface area contributed by atoms with Gasteiger partial charge in [-0.3, -0.25) is 0 Å². The maximum atomic E-state index is 5.94. The highest BCUT2D eigenvalue weighted by atomic mass is 16.6. The van der Waals surface area contributed by atoms with Gasteiger partial charge in [0.25, 0.3) is 0 Å². The lowest BCUT2D eigenvalue weighted by Crippen LogP contribution is -2.42. The smallest absolute Gasteiger partial charge is 0.0939 e. The minimum Gasteiger partial charge on any atom is -0.376 e. The van der Waals surface area contributed by atoms with Gasteiger partial charge in [0.15, 0.2) is 0 Å². The summed E-state index contributed by atoms with van der Waals surface area (Å²) in [4.78, 5) is 0. The van der Waals surface area contributed by atoms with Crippen molar-refractivity contribution >= 4 is 0 Å². The second kappa shape index (κ2) is 4.17. The molecule has 1 saturated heterocycles. The first-order valence-electron chi connectivity index (χ1n) is 5.71. The third-order valence-electron chi connectivity index (χ3n) is 3.81. The summed E-state index contributed by atoms with van der Waals surface area (Å²) in [6.45, 7) is 0.649. The van der Waals surface area contributed by atoms with Crippen LogP contribution >= 0.6 is 0 Å². The Bertz CT molecular complexity index is 190. The van der Waals surface area contributed by atoms with Crippen molar-refractivity contribution in [3.05, 3.63) is 0 Å². The van der Waals surface area contributed by atoms with Crippen LogP contribution in [0.2, 0.25) is 0 Å². The second-order valence-electron chi connectivity index (χ2n) is 4.54. The Morgan fingerprint density at radius 3 is 2.57 bits per heavy atom. The molecule has 0 aromatic rings. The van der Waals surface area contributed by atoms with E-state index in [1.165, 1.54) is 12.8 Å². The third-order valence-corrected chi connectivity index (χ3v) is 3.81. The predicted molar refractivity (Wildman–Crippen MR) is 55.2 cm³/mol. The summed E-state index contributed by atoms with van der Waals surface area (Å²) in [6.07, 6.45) is 7.66. The summed E-state index contributed by atoms with van der Waals surface area (Å²) in [6, 6.07) is 0. The van der Waals surface area contributed by atoms with Gasteiger partial charge in [0.1, 0.15) is 0 Å². The molecule has 0 aromatic heterocycles. The van der Waals surface area contributed by atoms with Crippen LogP contribution in [0.4, 0.5) is 0 Å². The van der Waals surface area contributed by atoms with E-state index in [4.69, 9.17) is 15.2 Å². The summed E-state index contributed by atoms with van der Waals surface area (Å²) < 4.78 is 11.6. The maximum absolute atomic E-state index is 5.94. The Kier molecular flexibility index (Phi) is 3.10. The number of rotatable bonds is 3. The monoisotopic (exact) mass is 199 g/mol. The first kappa shape index (κ1) is 10.4. The van der Waals surface area contributed by atoms with E-state index in [-0.39, 0.29) is 11.7 Å². The fourth-order valence-corrected chi connectivity index (χ4v) is 2.90. The molecule has 1 heterocycles. The summed E-state index contributed by atoms with van der Waals surface area (Å²) in [5.74, 6) is 0. The van der Waals surface area contributed by atoms with E-state index in [1.54, 1.807) is 0 Å². The summed E-state index contributed by atoms with van der Waals surface area (Å²) in [5.41, 5.74) is 5.63. The molecule has 2 rings (SSSR count). The molecule has 0 aromatic carbocycles. The molecular formula is C11H21NO2. The number of nitrogens with two attached hydrogens (primary N) is 1. The number of hydrogen-bond acceptors (Lipinski definition) is 3. The Morgan fingerprint density at radius 1 is 1.36 bits per heavy atom. The van der Waals surface area contributed by atoms with E-state index >= 15 is 0 Å². The van der Waals surface area contributed by atoms with Crippen LogP contribution in [0.15, 0.2) is 0 Å². The summed E-state index contributed by atoms with van der Waals surface area (Å²) >= 11 is 0. The Labute approximate surface area is 85.9 Å². The number of hydrogen-bond donors (Lipinski definition) is 1. The molecule has 2 atom stereocenters. The van der Waals surface area contributed by atoms with Crippen molar-refractivity contribution in [2.45, 2.75) is 56.3 Å². The van der Waals surface area contributed by atoms with E-state index in [0.717, 1.165) is 25.7 Å². The maximum Gasteiger partial charge on any atom is 0.0939 e. The second-order valence-corrected chi connectivity index (χ2v) is 4.54. The molecule has 3 nitrogen and oxygen atoms in total. The molecular weight excluding hydrogens is 178 g/mol. The molecule has 0 spiro atoms. The summed E-state index contributed by atoms with van der Waals surface area (Å²) in [5, 5.41) is 0. The summed E-state index contributed by atoms with van der Waals surface area (Å²) in [7, 11) is 1.82. The van der Waals surface area contributed by atoms with Gasteiger partial charge >= 0.3 is 0 Å². The lowest BCUT2D eigenvalue weighted by atomic mass is 9.92. The van der Waals surface area contributed by atoms with Crippen molar-refractivity contribution < 1.29 is 9.47 Å². The zero-order chi connectivity index (χ0) is 10.0. The van der Waals surface area contributed by atoms with Crippen molar-refractivity contribution in [2.24, 2.45) is 5.73 Å². The fraction of sp³-hybridized carbons (Fsp3) is 1.00. The molecule has 14 heavy (non-hydrogen) atoms. The van der Waals surface area contributed by atoms with Crippen LogP contribution in [0.1, 0.15) is 38.5 Å². The number of methoxy groups -OCH3 is 1. The van der Waals surface area contributed by atoms with E-state index < -0.39 is 0 Å². The van der Waals surface area contributed by atoms with Gasteiger partial charge in [-0.25, -0.2) is 0 Å². The highest BCUT2D eigenvalue weighted by molar-refractivity contribution is 4.96. The lowest BCUT2D eigenvalue weighted by Gasteiger charge is -2.33. The van der Waals surface area contributed by atoms with E-state index in [1.807, 2.05) is 7.11 Å². The Hall–Kier alpha value is -0.120. The molecule has 1 saturated carbocycles. The molecule has 0 bridgehead atoms. The first-order chi connectivity index (χ1) is 6.80. The van der Waals surface area contributed by atoms with Gasteiger partial charge in [-0.05, 0) is 25.7 Å². The molecule has 2 fully saturated rings. The predicted octanol–water partition coefficient (Wildman–Crippen LogP) is 1.45. The molecule has 3 heteroatoms. The van der Waals surface area contributed by atoms with Crippen LogP contribution < -0.4 is 5.73 Å². The fourth-order valence-electron chi connectivity index (χ4n) is 2.90. The molecule has 2 N–H and O–H groups in total. The third kappa shape index (κ3) is 1.69. The highest BCUT2D eigenvalue weighted by Crippen LogP contribution is 2.41. The van der Waals surface area contributed by atoms with Gasteiger partial charge in [0.2, 0.25) is 0 Å². The van der Waals surface area contributed by atoms with Crippen LogP contribution in [0.5, 0.6) is 0 Å². The van der Waals surface area contributed by atoms with E-state index in [9.17, 15) is 0 Å². The van der Waals surface area contributed by atoms with Crippen LogP contribution in [0, 0.1) is 0 Å². The topological polar surface area (TPSA) is 44.5 Å². The van der Waals surface area contributed by atoms with Crippen molar-refractivity contribution in [2.75, 3.05) is 13.7 Å². The van der Waals surface area contributed by atoms with Crippen LogP contribution in [0.3, 0.4) is 0 Å². The van der Waals surface area contributed by atoms with Gasteiger partial charge in [-0.2, -0.15) is 0 Å². The number of ether oxygens (including phenoxy) is 2. The van der Waals surface area contributed by atoms with E-state index in [2.05, 4.69) is 0 Å². The highest BCUT2D eigenvalue weighted by Gasteiger charge is 2.45. The molecule has 2 aliphatic rings. The molecule has 1 aliphatic heterocycles. The standard InChI is InChI=1S/C11H21NO2/c1-13-11(6-2-3-7-11)10-5-4-9(8-12)14-10/h9-10H,2-8,12H2,1H3. The average Bonchev–Trinajstić information content (AvgIpc) is 2.87. The molecule has 0 amide bonds. The van der Waals surface area contributed by atoms with Crippen molar-refractivity contribution in [3.8, 4) is 0 Å². The minimum absolute atomic E-state index is 0.0178. The minimum atomic E-state index is 0.0178. The molecule has 2 unspecified atom stereocenters. The van der Waals surface area contributed by atoms with Gasteiger partial charge in [-0.1, -0.05) is 12.8 Å². The normalized spacial score (nSPS) is 36.4. The van der Waals surface area contributed by atoms with Crippen LogP contribution in [-0.4, -0.2) is 31.5 Å². The van der Waals surface area contributed by atoms with Gasteiger partial charge in [-0.15, -0.1) is 0 Å². The van der Waals surface area contributed by atoms with E-state index in [0.29, 0.717) is 12.6 Å². The van der Waals surface area contributed by atoms with Gasteiger partial charge in [0.05, 0.1) is 17.8 Å². The van der Waals surface area contributed by atoms with Crippen molar-refractivity contribution in [1.29, 1.82) is 0 Å². The van der Waals surface area contributed by atoms with Gasteiger partial charge in [0, 0.05) is 13.7 Å². The zero-order valence-electron chi connectivity index (χ0n) is 9.00. The SMILES string of the molecule is COC1(C2CCC(CN)O2)CCCC1. The van der Waals surface area contributed by atoms with Crippen molar-refractivity contribution in [3.63, 3.8) is 0 Å². The van der Waals surface area contributed by atoms with Crippen LogP contribution in [-0.2, 0) is 9.47 Å². The lowest BCUT2D eigenvalue weighted by molar-refractivity contribution is -0.119. The quantitative estimate of drug-likeness (QED) is 0.748. The molecule has 82 valence electrons. The Morgan fingerprint density at radius 2 is 2.07 bits per heavy atom. The Balaban J connectivity index is 1.99. The van der Waals surface area contributed by atoms with Gasteiger partial charge < -0.3 is 15.2 Å². The first-order valence-corrected chi connectivity index (χ1v) is 5.71. The van der Waals surface area contributed by atoms with Crippen molar-refractivity contribution in [1.82, 2.24) is 0 Å². The largest absolute Gasteiger partial charge is 0.376 e. The zero-order valence-corrected chi connectivity index (χ0v) is 9.00. The van der Waals surface area contributed by atoms with Crippen LogP contribution in [0.25, 0.3) is 0 Å². The average molecular weight is 199 g/mol. The molecule has 0 radical (unpaired) electrons.